The van der Waals surface area contributed by atoms with E-state index in [1.807, 2.05) is 16.8 Å². The van der Waals surface area contributed by atoms with Crippen molar-refractivity contribution in [2.24, 2.45) is 0 Å². The van der Waals surface area contributed by atoms with Gasteiger partial charge in [0.1, 0.15) is 21.5 Å². The monoisotopic (exact) mass is 391 g/mol. The van der Waals surface area contributed by atoms with Gasteiger partial charge in [-0.25, -0.2) is 14.2 Å². The van der Waals surface area contributed by atoms with Gasteiger partial charge in [0.15, 0.2) is 6.61 Å². The number of ether oxygens (including phenoxy) is 2. The summed E-state index contributed by atoms with van der Waals surface area (Å²) in [6, 6.07) is 5.51. The molecule has 2 heterocycles. The maximum absolute atomic E-state index is 13.4. The van der Waals surface area contributed by atoms with Crippen LogP contribution in [0.4, 0.5) is 4.39 Å². The molecule has 0 aliphatic rings. The van der Waals surface area contributed by atoms with E-state index in [4.69, 9.17) is 9.47 Å². The van der Waals surface area contributed by atoms with E-state index < -0.39 is 24.2 Å². The number of esters is 1. The molecule has 3 rings (SSSR count). The fourth-order valence-corrected chi connectivity index (χ4v) is 3.94. The molecule has 0 saturated carbocycles. The van der Waals surface area contributed by atoms with Crippen molar-refractivity contribution in [3.63, 3.8) is 0 Å². The Morgan fingerprint density at radius 1 is 1.27 bits per heavy atom. The van der Waals surface area contributed by atoms with Crippen LogP contribution in [0.15, 0.2) is 35.0 Å². The Morgan fingerprint density at radius 3 is 2.77 bits per heavy atom. The highest BCUT2D eigenvalue weighted by atomic mass is 32.1. The standard InChI is InChI=1S/C18H14FNO4S2/c1-10-16(26-17(20-10)11-5-6-25-9-11)18(22)24-8-14(21)13-7-12(19)3-4-15(13)23-2/h3-7,9H,8H2,1-2H3. The normalized spacial score (nSPS) is 10.6. The van der Waals surface area contributed by atoms with E-state index in [-0.39, 0.29) is 11.3 Å². The van der Waals surface area contributed by atoms with E-state index in [0.29, 0.717) is 15.6 Å². The van der Waals surface area contributed by atoms with Gasteiger partial charge in [-0.2, -0.15) is 11.3 Å². The Morgan fingerprint density at radius 2 is 2.08 bits per heavy atom. The van der Waals surface area contributed by atoms with Gasteiger partial charge in [-0.3, -0.25) is 4.79 Å². The van der Waals surface area contributed by atoms with Crippen LogP contribution in [0, 0.1) is 12.7 Å². The van der Waals surface area contributed by atoms with Gasteiger partial charge in [0.05, 0.1) is 18.4 Å². The van der Waals surface area contributed by atoms with E-state index in [9.17, 15) is 14.0 Å². The summed E-state index contributed by atoms with van der Waals surface area (Å²) in [5.41, 5.74) is 1.50. The zero-order valence-electron chi connectivity index (χ0n) is 13.9. The first-order valence-corrected chi connectivity index (χ1v) is 9.29. The zero-order valence-corrected chi connectivity index (χ0v) is 15.6. The molecule has 1 aromatic carbocycles. The number of benzene rings is 1. The lowest BCUT2D eigenvalue weighted by molar-refractivity contribution is 0.0477. The molecule has 134 valence electrons. The van der Waals surface area contributed by atoms with Gasteiger partial charge in [-0.1, -0.05) is 0 Å². The Kier molecular flexibility index (Phi) is 5.43. The van der Waals surface area contributed by atoms with Crippen molar-refractivity contribution in [2.45, 2.75) is 6.92 Å². The highest BCUT2D eigenvalue weighted by molar-refractivity contribution is 7.17. The first-order valence-electron chi connectivity index (χ1n) is 7.53. The summed E-state index contributed by atoms with van der Waals surface area (Å²) in [4.78, 5) is 29.3. The molecule has 0 amide bonds. The van der Waals surface area contributed by atoms with Crippen LogP contribution < -0.4 is 4.74 Å². The molecule has 8 heteroatoms. The van der Waals surface area contributed by atoms with Crippen molar-refractivity contribution < 1.29 is 23.5 Å². The molecule has 0 fully saturated rings. The number of carbonyl (C=O) groups is 2. The molecule has 0 N–H and O–H groups in total. The van der Waals surface area contributed by atoms with Gasteiger partial charge in [0.25, 0.3) is 0 Å². The summed E-state index contributed by atoms with van der Waals surface area (Å²) in [6.07, 6.45) is 0. The molecule has 0 spiro atoms. The van der Waals surface area contributed by atoms with E-state index >= 15 is 0 Å². The number of carbonyl (C=O) groups excluding carboxylic acids is 2. The van der Waals surface area contributed by atoms with Crippen LogP contribution in [0.5, 0.6) is 5.75 Å². The van der Waals surface area contributed by atoms with Crippen LogP contribution in [-0.4, -0.2) is 30.5 Å². The van der Waals surface area contributed by atoms with Gasteiger partial charge >= 0.3 is 5.97 Å². The third-order valence-corrected chi connectivity index (χ3v) is 5.42. The van der Waals surface area contributed by atoms with Gasteiger partial charge in [0.2, 0.25) is 5.78 Å². The number of thiophene rings is 1. The minimum Gasteiger partial charge on any atom is -0.496 e. The predicted molar refractivity (Wildman–Crippen MR) is 97.7 cm³/mol. The average molecular weight is 391 g/mol. The Labute approximate surface area is 157 Å². The number of nitrogens with zero attached hydrogens (tertiary/aromatic N) is 1. The molecule has 3 aromatic rings. The number of ketones is 1. The third-order valence-electron chi connectivity index (χ3n) is 3.55. The molecule has 0 bridgehead atoms. The quantitative estimate of drug-likeness (QED) is 0.461. The molecule has 2 aromatic heterocycles. The Bertz CT molecular complexity index is 950. The van der Waals surface area contributed by atoms with Gasteiger partial charge in [-0.15, -0.1) is 11.3 Å². The minimum absolute atomic E-state index is 0.0280. The van der Waals surface area contributed by atoms with Crippen LogP contribution in [0.3, 0.4) is 0 Å². The van der Waals surface area contributed by atoms with Crippen molar-refractivity contribution >= 4 is 34.4 Å². The molecule has 5 nitrogen and oxygen atoms in total. The second-order valence-electron chi connectivity index (χ2n) is 5.29. The van der Waals surface area contributed by atoms with Crippen molar-refractivity contribution in [1.82, 2.24) is 4.98 Å². The molecule has 0 radical (unpaired) electrons. The largest absolute Gasteiger partial charge is 0.496 e. The van der Waals surface area contributed by atoms with Crippen molar-refractivity contribution in [2.75, 3.05) is 13.7 Å². The number of hydrogen-bond acceptors (Lipinski definition) is 7. The number of hydrogen-bond donors (Lipinski definition) is 0. The number of Topliss-reactive ketones (excluding diaryl/α,β-unsaturated/α-hetero) is 1. The maximum Gasteiger partial charge on any atom is 0.350 e. The number of aryl methyl sites for hydroxylation is 1. The number of aromatic nitrogens is 1. The summed E-state index contributed by atoms with van der Waals surface area (Å²) in [6.45, 7) is 1.20. The highest BCUT2D eigenvalue weighted by Gasteiger charge is 2.20. The number of rotatable bonds is 6. The van der Waals surface area contributed by atoms with E-state index in [1.165, 1.54) is 41.9 Å². The number of methoxy groups -OCH3 is 1. The van der Waals surface area contributed by atoms with E-state index in [2.05, 4.69) is 4.98 Å². The zero-order chi connectivity index (χ0) is 18.7. The van der Waals surface area contributed by atoms with Crippen LogP contribution in [-0.2, 0) is 4.74 Å². The van der Waals surface area contributed by atoms with Gasteiger partial charge < -0.3 is 9.47 Å². The van der Waals surface area contributed by atoms with Crippen LogP contribution in [0.25, 0.3) is 10.6 Å². The summed E-state index contributed by atoms with van der Waals surface area (Å²) in [7, 11) is 1.38. The summed E-state index contributed by atoms with van der Waals surface area (Å²) in [5, 5.41) is 4.58. The van der Waals surface area contributed by atoms with Crippen LogP contribution in [0.1, 0.15) is 25.7 Å². The number of halogens is 1. The molecule has 0 saturated heterocycles. The smallest absolute Gasteiger partial charge is 0.350 e. The molecule has 0 aliphatic carbocycles. The Balaban J connectivity index is 1.71. The summed E-state index contributed by atoms with van der Waals surface area (Å²) < 4.78 is 23.5. The van der Waals surface area contributed by atoms with E-state index in [0.717, 1.165) is 11.6 Å². The van der Waals surface area contributed by atoms with E-state index in [1.54, 1.807) is 6.92 Å². The highest BCUT2D eigenvalue weighted by Crippen LogP contribution is 2.30. The third kappa shape index (κ3) is 3.81. The van der Waals surface area contributed by atoms with Crippen LogP contribution >= 0.6 is 22.7 Å². The molecule has 26 heavy (non-hydrogen) atoms. The Hall–Kier alpha value is -2.58. The van der Waals surface area contributed by atoms with Crippen molar-refractivity contribution in [3.8, 4) is 16.3 Å². The second-order valence-corrected chi connectivity index (χ2v) is 7.07. The topological polar surface area (TPSA) is 65.5 Å². The molecule has 0 atom stereocenters. The van der Waals surface area contributed by atoms with Crippen molar-refractivity contribution in [1.29, 1.82) is 0 Å². The van der Waals surface area contributed by atoms with Crippen LogP contribution in [0.2, 0.25) is 0 Å². The van der Waals surface area contributed by atoms with Crippen molar-refractivity contribution in [3.05, 3.63) is 57.0 Å². The second kappa shape index (κ2) is 7.76. The molecule has 0 aliphatic heterocycles. The fourth-order valence-electron chi connectivity index (χ4n) is 2.27. The molecule has 0 unspecified atom stereocenters. The lowest BCUT2D eigenvalue weighted by atomic mass is 10.1. The van der Waals surface area contributed by atoms with Gasteiger partial charge in [0, 0.05) is 10.9 Å². The summed E-state index contributed by atoms with van der Waals surface area (Å²) >= 11 is 2.75. The first-order chi connectivity index (χ1) is 12.5. The predicted octanol–water partition coefficient (Wildman–Crippen LogP) is 4.37. The summed E-state index contributed by atoms with van der Waals surface area (Å²) in [5.74, 6) is -1.53. The first kappa shape index (κ1) is 18.2. The number of thiazole rings is 1. The lowest BCUT2D eigenvalue weighted by Crippen LogP contribution is -2.15. The molecular weight excluding hydrogens is 377 g/mol. The SMILES string of the molecule is COc1ccc(F)cc1C(=O)COC(=O)c1sc(-c2ccsc2)nc1C. The minimum atomic E-state index is -0.634. The fraction of sp³-hybridized carbons (Fsp3) is 0.167. The molecular formula is C18H14FNO4S2. The van der Waals surface area contributed by atoms with Gasteiger partial charge in [-0.05, 0) is 36.6 Å². The maximum atomic E-state index is 13.4. The lowest BCUT2D eigenvalue weighted by Gasteiger charge is -2.08. The average Bonchev–Trinajstić information content (AvgIpc) is 3.28.